The van der Waals surface area contributed by atoms with E-state index in [1.165, 1.54) is 0 Å². The standard InChI is InChI=1S/C22H17Cl3N2O3/c1-22(2)7-14(28)20-17(8-22)30-21(27)11(9-26)18(20)15-3-4-16(29-15)19-12(24)5-10(23)6-13(19)25/h3-6,18H,7-8,27H2,1-2H3. The molecule has 30 heavy (non-hydrogen) atoms. The molecular formula is C22H17Cl3N2O3. The molecule has 0 saturated carbocycles. The second kappa shape index (κ2) is 7.39. The second-order valence-electron chi connectivity index (χ2n) is 8.15. The molecule has 1 unspecified atom stereocenters. The van der Waals surface area contributed by atoms with E-state index in [2.05, 4.69) is 6.07 Å². The van der Waals surface area contributed by atoms with Crippen molar-refractivity contribution >= 4 is 40.6 Å². The van der Waals surface area contributed by atoms with Crippen LogP contribution in [0.3, 0.4) is 0 Å². The molecule has 0 radical (unpaired) electrons. The van der Waals surface area contributed by atoms with Gasteiger partial charge >= 0.3 is 0 Å². The first-order chi connectivity index (χ1) is 14.1. The van der Waals surface area contributed by atoms with Crippen molar-refractivity contribution in [3.05, 3.63) is 67.9 Å². The van der Waals surface area contributed by atoms with E-state index < -0.39 is 5.92 Å². The van der Waals surface area contributed by atoms with Crippen molar-refractivity contribution < 1.29 is 13.9 Å². The number of benzene rings is 1. The number of nitriles is 1. The van der Waals surface area contributed by atoms with Crippen molar-refractivity contribution in [2.45, 2.75) is 32.6 Å². The van der Waals surface area contributed by atoms with E-state index in [0.717, 1.165) is 0 Å². The number of ketones is 1. The highest BCUT2D eigenvalue weighted by atomic mass is 35.5. The van der Waals surface area contributed by atoms with Crippen LogP contribution in [-0.4, -0.2) is 5.78 Å². The van der Waals surface area contributed by atoms with E-state index in [1.807, 2.05) is 13.8 Å². The number of hydrogen-bond donors (Lipinski definition) is 1. The van der Waals surface area contributed by atoms with Crippen molar-refractivity contribution in [1.29, 1.82) is 5.26 Å². The highest BCUT2D eigenvalue weighted by Crippen LogP contribution is 2.49. The maximum Gasteiger partial charge on any atom is 0.205 e. The van der Waals surface area contributed by atoms with Crippen LogP contribution in [0.5, 0.6) is 0 Å². The first-order valence-electron chi connectivity index (χ1n) is 9.20. The lowest BCUT2D eigenvalue weighted by molar-refractivity contribution is -0.119. The molecule has 1 aromatic carbocycles. The minimum Gasteiger partial charge on any atom is -0.460 e. The molecular weight excluding hydrogens is 447 g/mol. The Balaban J connectivity index is 1.85. The third-order valence-electron chi connectivity index (χ3n) is 5.24. The molecule has 5 nitrogen and oxygen atoms in total. The van der Waals surface area contributed by atoms with Crippen LogP contribution in [0.2, 0.25) is 15.1 Å². The summed E-state index contributed by atoms with van der Waals surface area (Å²) in [6.45, 7) is 3.98. The van der Waals surface area contributed by atoms with Gasteiger partial charge in [-0.05, 0) is 29.7 Å². The van der Waals surface area contributed by atoms with Gasteiger partial charge < -0.3 is 14.9 Å². The monoisotopic (exact) mass is 462 g/mol. The number of hydrogen-bond acceptors (Lipinski definition) is 5. The summed E-state index contributed by atoms with van der Waals surface area (Å²) in [5, 5.41) is 10.8. The van der Waals surface area contributed by atoms with E-state index in [1.54, 1.807) is 24.3 Å². The maximum atomic E-state index is 13.0. The Kier molecular flexibility index (Phi) is 5.14. The van der Waals surface area contributed by atoms with E-state index in [-0.39, 0.29) is 22.7 Å². The molecule has 4 rings (SSSR count). The fraction of sp³-hybridized carbons (Fsp3) is 0.273. The van der Waals surface area contributed by atoms with Gasteiger partial charge in [0.05, 0.1) is 21.5 Å². The number of ether oxygens (including phenoxy) is 1. The van der Waals surface area contributed by atoms with Crippen molar-refractivity contribution in [3.63, 3.8) is 0 Å². The zero-order valence-corrected chi connectivity index (χ0v) is 18.5. The van der Waals surface area contributed by atoms with Crippen LogP contribution in [0.1, 0.15) is 38.4 Å². The minimum absolute atomic E-state index is 0.0211. The number of furan rings is 1. The molecule has 1 aliphatic heterocycles. The van der Waals surface area contributed by atoms with Crippen LogP contribution < -0.4 is 5.73 Å². The van der Waals surface area contributed by atoms with Crippen LogP contribution in [0.4, 0.5) is 0 Å². The molecule has 0 fully saturated rings. The fourth-order valence-electron chi connectivity index (χ4n) is 3.99. The molecule has 0 amide bonds. The van der Waals surface area contributed by atoms with E-state index >= 15 is 0 Å². The minimum atomic E-state index is -0.749. The van der Waals surface area contributed by atoms with Crippen molar-refractivity contribution in [3.8, 4) is 17.4 Å². The molecule has 1 atom stereocenters. The molecule has 8 heteroatoms. The van der Waals surface area contributed by atoms with Gasteiger partial charge in [-0.2, -0.15) is 5.26 Å². The second-order valence-corrected chi connectivity index (χ2v) is 9.40. The number of halogens is 3. The summed E-state index contributed by atoms with van der Waals surface area (Å²) in [6, 6.07) is 8.57. The van der Waals surface area contributed by atoms with Crippen molar-refractivity contribution in [1.82, 2.24) is 0 Å². The third-order valence-corrected chi connectivity index (χ3v) is 6.05. The number of nitrogens with zero attached hydrogens (tertiary/aromatic N) is 1. The average Bonchev–Trinajstić information content (AvgIpc) is 3.07. The van der Waals surface area contributed by atoms with Gasteiger partial charge in [-0.1, -0.05) is 48.7 Å². The van der Waals surface area contributed by atoms with Crippen molar-refractivity contribution in [2.24, 2.45) is 11.1 Å². The summed E-state index contributed by atoms with van der Waals surface area (Å²) in [6.07, 6.45) is 0.874. The molecule has 2 aliphatic rings. The normalized spacial score (nSPS) is 20.7. The van der Waals surface area contributed by atoms with Crippen LogP contribution in [-0.2, 0) is 9.53 Å². The summed E-state index contributed by atoms with van der Waals surface area (Å²) in [7, 11) is 0. The molecule has 0 spiro atoms. The van der Waals surface area contributed by atoms with Crippen LogP contribution >= 0.6 is 34.8 Å². The summed E-state index contributed by atoms with van der Waals surface area (Å²) >= 11 is 18.6. The Labute approximate surface area is 188 Å². The number of allylic oxidation sites excluding steroid dienone is 3. The first-order valence-corrected chi connectivity index (χ1v) is 10.3. The Morgan fingerprint density at radius 3 is 2.47 bits per heavy atom. The zero-order chi connectivity index (χ0) is 21.8. The summed E-state index contributed by atoms with van der Waals surface area (Å²) in [5.41, 5.74) is 6.79. The predicted octanol–water partition coefficient (Wildman–Crippen LogP) is 6.36. The Hall–Kier alpha value is -2.39. The predicted molar refractivity (Wildman–Crippen MR) is 115 cm³/mol. The smallest absolute Gasteiger partial charge is 0.205 e. The lowest BCUT2D eigenvalue weighted by atomic mass is 9.71. The molecule has 0 saturated heterocycles. The van der Waals surface area contributed by atoms with E-state index in [4.69, 9.17) is 49.7 Å². The number of carbonyl (C=O) groups is 1. The van der Waals surface area contributed by atoms with Crippen LogP contribution in [0, 0.1) is 16.7 Å². The van der Waals surface area contributed by atoms with Crippen LogP contribution in [0.15, 0.2) is 51.5 Å². The SMILES string of the molecule is CC1(C)CC(=O)C2=C(C1)OC(N)=C(C#N)C2c1ccc(-c2c(Cl)cc(Cl)cc2Cl)o1. The quantitative estimate of drug-likeness (QED) is 0.560. The lowest BCUT2D eigenvalue weighted by Gasteiger charge is -2.36. The van der Waals surface area contributed by atoms with Gasteiger partial charge in [0, 0.05) is 23.4 Å². The van der Waals surface area contributed by atoms with E-state index in [9.17, 15) is 10.1 Å². The molecule has 2 N–H and O–H groups in total. The molecule has 1 aliphatic carbocycles. The maximum absolute atomic E-state index is 13.0. The molecule has 2 heterocycles. The highest BCUT2D eigenvalue weighted by molar-refractivity contribution is 6.41. The van der Waals surface area contributed by atoms with Crippen molar-refractivity contribution in [2.75, 3.05) is 0 Å². The van der Waals surface area contributed by atoms with Gasteiger partial charge in [0.2, 0.25) is 5.88 Å². The summed E-state index contributed by atoms with van der Waals surface area (Å²) in [5.74, 6) is 0.402. The average molecular weight is 464 g/mol. The van der Waals surface area contributed by atoms with Gasteiger partial charge in [0.15, 0.2) is 5.78 Å². The largest absolute Gasteiger partial charge is 0.460 e. The van der Waals surface area contributed by atoms with Gasteiger partial charge in [0.1, 0.15) is 28.9 Å². The zero-order valence-electron chi connectivity index (χ0n) is 16.2. The molecule has 2 aromatic rings. The topological polar surface area (TPSA) is 89.2 Å². The van der Waals surface area contributed by atoms with Gasteiger partial charge in [0.25, 0.3) is 0 Å². The number of nitrogens with two attached hydrogens (primary N) is 1. The molecule has 154 valence electrons. The van der Waals surface area contributed by atoms with Gasteiger partial charge in [-0.15, -0.1) is 0 Å². The fourth-order valence-corrected chi connectivity index (χ4v) is 4.99. The van der Waals surface area contributed by atoms with Gasteiger partial charge in [-0.3, -0.25) is 4.79 Å². The Bertz CT molecular complexity index is 1160. The number of Topliss-reactive ketones (excluding diaryl/α,β-unsaturated/α-hetero) is 1. The number of carbonyl (C=O) groups excluding carboxylic acids is 1. The summed E-state index contributed by atoms with van der Waals surface area (Å²) < 4.78 is 11.7. The Morgan fingerprint density at radius 2 is 1.83 bits per heavy atom. The lowest BCUT2D eigenvalue weighted by Crippen LogP contribution is -2.33. The van der Waals surface area contributed by atoms with E-state index in [0.29, 0.717) is 56.3 Å². The summed E-state index contributed by atoms with van der Waals surface area (Å²) in [4.78, 5) is 13.0. The van der Waals surface area contributed by atoms with Crippen LogP contribution in [0.25, 0.3) is 11.3 Å². The van der Waals surface area contributed by atoms with Gasteiger partial charge in [-0.25, -0.2) is 0 Å². The highest BCUT2D eigenvalue weighted by Gasteiger charge is 2.44. The number of rotatable bonds is 2. The Morgan fingerprint density at radius 1 is 1.17 bits per heavy atom. The first kappa shape index (κ1) is 20.9. The molecule has 1 aromatic heterocycles. The third kappa shape index (κ3) is 3.50. The molecule has 0 bridgehead atoms.